The second kappa shape index (κ2) is 3.24. The second-order valence-corrected chi connectivity index (χ2v) is 11.3. The number of hydrogen-bond acceptors (Lipinski definition) is 2. The molecule has 0 spiro atoms. The Bertz CT molecular complexity index is 204. The van der Waals surface area contributed by atoms with E-state index in [1.165, 1.54) is 0 Å². The van der Waals surface area contributed by atoms with Gasteiger partial charge in [0.25, 0.3) is 0 Å². The summed E-state index contributed by atoms with van der Waals surface area (Å²) in [5.74, 6) is 0. The standard InChI is InChI=1S/C7H18FO2PSi/c1-7(2,3)12(5,6)10-11(4,8)9/h1-6H3. The summed E-state index contributed by atoms with van der Waals surface area (Å²) >= 11 is 0. The van der Waals surface area contributed by atoms with Crippen molar-refractivity contribution in [2.75, 3.05) is 6.66 Å². The third-order valence-electron chi connectivity index (χ3n) is 2.20. The summed E-state index contributed by atoms with van der Waals surface area (Å²) in [6, 6.07) is 0. The summed E-state index contributed by atoms with van der Waals surface area (Å²) < 4.78 is 28.6. The molecule has 0 saturated carbocycles. The molecule has 2 nitrogen and oxygen atoms in total. The van der Waals surface area contributed by atoms with Gasteiger partial charge in [-0.25, -0.2) is 0 Å². The fourth-order valence-electron chi connectivity index (χ4n) is 0.545. The molecule has 0 aromatic heterocycles. The molecule has 1 unspecified atom stereocenters. The van der Waals surface area contributed by atoms with Crippen LogP contribution >= 0.6 is 7.68 Å². The predicted octanol–water partition coefficient (Wildman–Crippen LogP) is 3.80. The van der Waals surface area contributed by atoms with Crippen LogP contribution in [0.5, 0.6) is 0 Å². The molecule has 12 heavy (non-hydrogen) atoms. The third-order valence-corrected chi connectivity index (χ3v) is 8.94. The molecule has 1 atom stereocenters. The monoisotopic (exact) mass is 212 g/mol. The highest BCUT2D eigenvalue weighted by Crippen LogP contribution is 2.52. The fraction of sp³-hybridized carbons (Fsp3) is 1.00. The molecule has 0 aliphatic rings. The molecule has 0 aromatic rings. The molecule has 0 aliphatic heterocycles. The van der Waals surface area contributed by atoms with Gasteiger partial charge in [-0.3, -0.25) is 4.57 Å². The van der Waals surface area contributed by atoms with E-state index in [4.69, 9.17) is 4.21 Å². The van der Waals surface area contributed by atoms with Gasteiger partial charge in [0.2, 0.25) is 8.32 Å². The van der Waals surface area contributed by atoms with Crippen LogP contribution in [0.15, 0.2) is 0 Å². The summed E-state index contributed by atoms with van der Waals surface area (Å²) in [7, 11) is -6.00. The Morgan fingerprint density at radius 1 is 1.33 bits per heavy atom. The normalized spacial score (nSPS) is 18.9. The third kappa shape index (κ3) is 3.83. The van der Waals surface area contributed by atoms with E-state index < -0.39 is 16.0 Å². The first-order valence-electron chi connectivity index (χ1n) is 3.94. The second-order valence-electron chi connectivity index (χ2n) is 4.60. The average molecular weight is 212 g/mol. The molecule has 0 radical (unpaired) electrons. The number of rotatable bonds is 2. The van der Waals surface area contributed by atoms with Crippen LogP contribution in [0.2, 0.25) is 18.1 Å². The first-order chi connectivity index (χ1) is 4.96. The van der Waals surface area contributed by atoms with E-state index in [0.29, 0.717) is 0 Å². The summed E-state index contributed by atoms with van der Waals surface area (Å²) in [6.07, 6.45) is 0. The van der Waals surface area contributed by atoms with Crippen molar-refractivity contribution in [3.8, 4) is 0 Å². The van der Waals surface area contributed by atoms with Crippen molar-refractivity contribution in [1.82, 2.24) is 0 Å². The van der Waals surface area contributed by atoms with Crippen LogP contribution in [0.4, 0.5) is 4.20 Å². The van der Waals surface area contributed by atoms with Gasteiger partial charge in [-0.1, -0.05) is 20.8 Å². The van der Waals surface area contributed by atoms with E-state index in [1.54, 1.807) is 0 Å². The van der Waals surface area contributed by atoms with Crippen LogP contribution in [-0.2, 0) is 8.78 Å². The Kier molecular flexibility index (Phi) is 3.33. The van der Waals surface area contributed by atoms with Gasteiger partial charge >= 0.3 is 7.68 Å². The first-order valence-corrected chi connectivity index (χ1v) is 8.81. The molecule has 0 bridgehead atoms. The van der Waals surface area contributed by atoms with Crippen LogP contribution in [0, 0.1) is 0 Å². The topological polar surface area (TPSA) is 26.3 Å². The maximum atomic E-state index is 12.8. The Labute approximate surface area is 75.2 Å². The minimum Gasteiger partial charge on any atom is -0.347 e. The van der Waals surface area contributed by atoms with Gasteiger partial charge in [0.1, 0.15) is 0 Å². The molecule has 0 heterocycles. The Morgan fingerprint density at radius 3 is 1.75 bits per heavy atom. The maximum Gasteiger partial charge on any atom is 0.355 e. The Balaban J connectivity index is 4.56. The smallest absolute Gasteiger partial charge is 0.347 e. The summed E-state index contributed by atoms with van der Waals surface area (Å²) in [5.41, 5.74) is 0. The van der Waals surface area contributed by atoms with Gasteiger partial charge in [-0.05, 0) is 18.1 Å². The molecular weight excluding hydrogens is 194 g/mol. The lowest BCUT2D eigenvalue weighted by molar-refractivity contribution is 0.419. The molecule has 0 fully saturated rings. The number of hydrogen-bond donors (Lipinski definition) is 0. The van der Waals surface area contributed by atoms with Crippen LogP contribution < -0.4 is 0 Å². The Hall–Kier alpha value is 0.337. The van der Waals surface area contributed by atoms with E-state index in [1.807, 2.05) is 33.9 Å². The van der Waals surface area contributed by atoms with Crippen molar-refractivity contribution in [1.29, 1.82) is 0 Å². The lowest BCUT2D eigenvalue weighted by Crippen LogP contribution is -2.39. The SMILES string of the molecule is CC(C)(C)[Si](C)(C)OP(C)(=O)F. The quantitative estimate of drug-likeness (QED) is 0.514. The zero-order valence-corrected chi connectivity index (χ0v) is 10.5. The number of halogens is 1. The van der Waals surface area contributed by atoms with Gasteiger partial charge in [0, 0.05) is 6.66 Å². The predicted molar refractivity (Wildman–Crippen MR) is 52.9 cm³/mol. The molecule has 0 saturated heterocycles. The van der Waals surface area contributed by atoms with E-state index in [-0.39, 0.29) is 5.04 Å². The first kappa shape index (κ1) is 12.3. The van der Waals surface area contributed by atoms with E-state index in [9.17, 15) is 8.76 Å². The van der Waals surface area contributed by atoms with Crippen molar-refractivity contribution in [2.45, 2.75) is 38.9 Å². The van der Waals surface area contributed by atoms with Crippen LogP contribution in [0.1, 0.15) is 20.8 Å². The van der Waals surface area contributed by atoms with Gasteiger partial charge in [0.05, 0.1) is 0 Å². The molecule has 5 heteroatoms. The molecule has 0 rings (SSSR count). The minimum absolute atomic E-state index is 0.0925. The maximum absolute atomic E-state index is 12.8. The van der Waals surface area contributed by atoms with Crippen LogP contribution in [-0.4, -0.2) is 15.0 Å². The molecule has 0 aliphatic carbocycles. The zero-order valence-electron chi connectivity index (χ0n) is 8.64. The largest absolute Gasteiger partial charge is 0.355 e. The van der Waals surface area contributed by atoms with Crippen molar-refractivity contribution in [3.63, 3.8) is 0 Å². The molecule has 0 aromatic carbocycles. The van der Waals surface area contributed by atoms with Gasteiger partial charge in [-0.2, -0.15) is 4.20 Å². The lowest BCUT2D eigenvalue weighted by Gasteiger charge is -2.35. The van der Waals surface area contributed by atoms with Crippen molar-refractivity contribution in [2.24, 2.45) is 0 Å². The van der Waals surface area contributed by atoms with Gasteiger partial charge in [0.15, 0.2) is 0 Å². The highest BCUT2D eigenvalue weighted by molar-refractivity contribution is 7.54. The Morgan fingerprint density at radius 2 is 1.67 bits per heavy atom. The van der Waals surface area contributed by atoms with Gasteiger partial charge < -0.3 is 4.21 Å². The molecule has 74 valence electrons. The van der Waals surface area contributed by atoms with Crippen LogP contribution in [0.3, 0.4) is 0 Å². The van der Waals surface area contributed by atoms with Gasteiger partial charge in [-0.15, -0.1) is 0 Å². The van der Waals surface area contributed by atoms with E-state index in [2.05, 4.69) is 0 Å². The summed E-state index contributed by atoms with van der Waals surface area (Å²) in [5, 5.41) is -0.0925. The van der Waals surface area contributed by atoms with Crippen LogP contribution in [0.25, 0.3) is 0 Å². The summed E-state index contributed by atoms with van der Waals surface area (Å²) in [6.45, 7) is 10.7. The molecule has 0 N–H and O–H groups in total. The average Bonchev–Trinajstić information content (AvgIpc) is 1.52. The van der Waals surface area contributed by atoms with E-state index in [0.717, 1.165) is 6.66 Å². The van der Waals surface area contributed by atoms with E-state index >= 15 is 0 Å². The lowest BCUT2D eigenvalue weighted by atomic mass is 10.2. The van der Waals surface area contributed by atoms with Crippen molar-refractivity contribution < 1.29 is 13.0 Å². The molecule has 0 amide bonds. The highest BCUT2D eigenvalue weighted by Gasteiger charge is 2.41. The fourth-order valence-corrected chi connectivity index (χ4v) is 4.90. The zero-order chi connectivity index (χ0) is 10.2. The van der Waals surface area contributed by atoms with Crippen molar-refractivity contribution >= 4 is 16.0 Å². The van der Waals surface area contributed by atoms with Crippen molar-refractivity contribution in [3.05, 3.63) is 0 Å². The summed E-state index contributed by atoms with van der Waals surface area (Å²) in [4.78, 5) is 0. The minimum atomic E-state index is -3.82. The molecular formula is C7H18FO2PSi. The highest BCUT2D eigenvalue weighted by atomic mass is 31.2.